The van der Waals surface area contributed by atoms with Gasteiger partial charge in [0.05, 0.1) is 36.0 Å². The summed E-state index contributed by atoms with van der Waals surface area (Å²) in [6, 6.07) is 5.65. The summed E-state index contributed by atoms with van der Waals surface area (Å²) in [5.41, 5.74) is 0.713. The molecule has 0 radical (unpaired) electrons. The minimum Gasteiger partial charge on any atom is -0.494 e. The number of halogens is 1. The first-order valence-corrected chi connectivity index (χ1v) is 10.1. The summed E-state index contributed by atoms with van der Waals surface area (Å²) in [6.07, 6.45) is 1.39. The lowest BCUT2D eigenvalue weighted by molar-refractivity contribution is -0.906. The number of benzene rings is 1. The van der Waals surface area contributed by atoms with Gasteiger partial charge >= 0.3 is 0 Å². The summed E-state index contributed by atoms with van der Waals surface area (Å²) in [5.74, 6) is -0.0267. The Kier molecular flexibility index (Phi) is 5.77. The topological polar surface area (TPSA) is 65.3 Å². The minimum absolute atomic E-state index is 0.212. The van der Waals surface area contributed by atoms with Gasteiger partial charge < -0.3 is 19.1 Å². The molecule has 0 bridgehead atoms. The molecule has 3 heterocycles. The van der Waals surface area contributed by atoms with Gasteiger partial charge in [0.2, 0.25) is 5.76 Å². The summed E-state index contributed by atoms with van der Waals surface area (Å²) in [5, 5.41) is 1.20. The number of carbonyl (C=O) groups is 1. The average Bonchev–Trinajstić information content (AvgIpc) is 3.15. The molecule has 0 spiro atoms. The largest absolute Gasteiger partial charge is 0.494 e. The molecule has 1 N–H and O–H groups in total. The van der Waals surface area contributed by atoms with Crippen LogP contribution in [0.2, 0.25) is 5.02 Å². The van der Waals surface area contributed by atoms with E-state index < -0.39 is 0 Å². The van der Waals surface area contributed by atoms with E-state index in [9.17, 15) is 4.79 Å². The molecule has 1 aromatic carbocycles. The van der Waals surface area contributed by atoms with Crippen molar-refractivity contribution in [1.82, 2.24) is 4.98 Å². The van der Waals surface area contributed by atoms with Crippen LogP contribution in [0, 0.1) is 0 Å². The third kappa shape index (κ3) is 4.19. The summed E-state index contributed by atoms with van der Waals surface area (Å²) in [4.78, 5) is 20.8. The van der Waals surface area contributed by atoms with Crippen molar-refractivity contribution in [3.05, 3.63) is 35.2 Å². The van der Waals surface area contributed by atoms with Crippen molar-refractivity contribution in [2.24, 2.45) is 0 Å². The quantitative estimate of drug-likeness (QED) is 0.799. The molecule has 2 aliphatic heterocycles. The molecule has 9 heteroatoms. The molecule has 2 aromatic rings. The Morgan fingerprint density at radius 1 is 1.26 bits per heavy atom. The minimum atomic E-state index is -0.238. The number of nitrogens with one attached hydrogen (secondary N) is 1. The third-order valence-corrected chi connectivity index (χ3v) is 5.93. The van der Waals surface area contributed by atoms with Gasteiger partial charge in [-0.1, -0.05) is 29.0 Å². The highest BCUT2D eigenvalue weighted by atomic mass is 35.5. The van der Waals surface area contributed by atoms with Gasteiger partial charge in [-0.3, -0.25) is 9.69 Å². The van der Waals surface area contributed by atoms with Crippen molar-refractivity contribution < 1.29 is 23.9 Å². The number of ether oxygens (including phenoxy) is 3. The lowest BCUT2D eigenvalue weighted by Crippen LogP contribution is -3.14. The molecular weight excluding hydrogens is 390 g/mol. The number of aromatic nitrogens is 1. The first-order chi connectivity index (χ1) is 13.2. The molecule has 1 saturated heterocycles. The molecule has 1 aromatic heterocycles. The smallest absolute Gasteiger partial charge is 0.298 e. The fourth-order valence-corrected chi connectivity index (χ4v) is 4.39. The maximum Gasteiger partial charge on any atom is 0.298 e. The van der Waals surface area contributed by atoms with E-state index in [1.807, 2.05) is 12.1 Å². The highest BCUT2D eigenvalue weighted by Gasteiger charge is 2.28. The summed E-state index contributed by atoms with van der Waals surface area (Å²) < 4.78 is 17.1. The van der Waals surface area contributed by atoms with Gasteiger partial charge in [-0.25, -0.2) is 4.98 Å². The molecule has 0 saturated carbocycles. The molecule has 1 amide bonds. The number of carbonyl (C=O) groups excluding carboxylic acids is 1. The number of thiazole rings is 1. The molecular formula is C18H21ClN3O4S+. The average molecular weight is 411 g/mol. The highest BCUT2D eigenvalue weighted by molar-refractivity contribution is 7.22. The fraction of sp³-hybridized carbons (Fsp3) is 0.444. The number of para-hydroxylation sites is 1. The van der Waals surface area contributed by atoms with Crippen LogP contribution in [0.5, 0.6) is 0 Å². The number of morpholine rings is 1. The van der Waals surface area contributed by atoms with Crippen LogP contribution in [0.15, 0.2) is 30.2 Å². The Balaban J connectivity index is 1.60. The molecule has 4 rings (SSSR count). The third-order valence-electron chi connectivity index (χ3n) is 4.58. The van der Waals surface area contributed by atoms with Crippen molar-refractivity contribution in [2.45, 2.75) is 0 Å². The van der Waals surface area contributed by atoms with Gasteiger partial charge in [-0.15, -0.1) is 0 Å². The molecule has 144 valence electrons. The number of hydrogen-bond donors (Lipinski definition) is 1. The molecule has 0 aliphatic carbocycles. The van der Waals surface area contributed by atoms with E-state index >= 15 is 0 Å². The number of fused-ring (bicyclic) bond motifs is 1. The van der Waals surface area contributed by atoms with E-state index in [4.69, 9.17) is 25.8 Å². The standard InChI is InChI=1S/C18H20ClN3O4S/c19-13-2-1-3-15-16(13)20-18(27-15)22(5-4-21-6-8-24-9-7-21)17(23)14-12-25-10-11-26-14/h1-3,12H,4-11H2/p+1. The number of rotatable bonds is 5. The van der Waals surface area contributed by atoms with Crippen molar-refractivity contribution >= 4 is 44.2 Å². The molecule has 0 atom stereocenters. The van der Waals surface area contributed by atoms with Gasteiger partial charge in [-0.2, -0.15) is 0 Å². The number of hydrogen-bond acceptors (Lipinski definition) is 6. The lowest BCUT2D eigenvalue weighted by atomic mass is 10.3. The van der Waals surface area contributed by atoms with E-state index in [1.54, 1.807) is 11.0 Å². The maximum absolute atomic E-state index is 13.1. The lowest BCUT2D eigenvalue weighted by Gasteiger charge is -2.27. The van der Waals surface area contributed by atoms with Crippen molar-refractivity contribution in [1.29, 1.82) is 0 Å². The SMILES string of the molecule is O=C(C1=COCCO1)N(CC[NH+]1CCOCC1)c1nc2c(Cl)cccc2s1. The van der Waals surface area contributed by atoms with Gasteiger partial charge in [0, 0.05) is 0 Å². The van der Waals surface area contributed by atoms with E-state index in [1.165, 1.54) is 22.5 Å². The predicted octanol–water partition coefficient (Wildman–Crippen LogP) is 1.09. The second-order valence-electron chi connectivity index (χ2n) is 6.35. The Morgan fingerprint density at radius 2 is 2.11 bits per heavy atom. The van der Waals surface area contributed by atoms with Crippen LogP contribution in [-0.2, 0) is 19.0 Å². The zero-order chi connectivity index (χ0) is 18.6. The summed E-state index contributed by atoms with van der Waals surface area (Å²) in [7, 11) is 0. The Morgan fingerprint density at radius 3 is 2.85 bits per heavy atom. The van der Waals surface area contributed by atoms with Gasteiger partial charge in [-0.05, 0) is 12.1 Å². The first-order valence-electron chi connectivity index (χ1n) is 8.95. The van der Waals surface area contributed by atoms with Crippen LogP contribution in [0.4, 0.5) is 5.13 Å². The van der Waals surface area contributed by atoms with Crippen LogP contribution < -0.4 is 9.80 Å². The number of quaternary nitrogens is 1. The van der Waals surface area contributed by atoms with Gasteiger partial charge in [0.25, 0.3) is 5.91 Å². The number of nitrogens with zero attached hydrogens (tertiary/aromatic N) is 2. The normalized spacial score (nSPS) is 17.9. The van der Waals surface area contributed by atoms with E-state index in [0.717, 1.165) is 37.5 Å². The molecule has 0 unspecified atom stereocenters. The molecule has 2 aliphatic rings. The molecule has 7 nitrogen and oxygen atoms in total. The monoisotopic (exact) mass is 410 g/mol. The Hall–Kier alpha value is -1.87. The van der Waals surface area contributed by atoms with Crippen LogP contribution >= 0.6 is 22.9 Å². The van der Waals surface area contributed by atoms with Crippen LogP contribution in [0.25, 0.3) is 10.2 Å². The molecule has 1 fully saturated rings. The van der Waals surface area contributed by atoms with E-state index in [2.05, 4.69) is 4.98 Å². The van der Waals surface area contributed by atoms with Crippen molar-refractivity contribution in [2.75, 3.05) is 57.5 Å². The first kappa shape index (κ1) is 18.5. The van der Waals surface area contributed by atoms with Crippen LogP contribution in [0.3, 0.4) is 0 Å². The predicted molar refractivity (Wildman–Crippen MR) is 103 cm³/mol. The van der Waals surface area contributed by atoms with Crippen LogP contribution in [0.1, 0.15) is 0 Å². The van der Waals surface area contributed by atoms with Crippen molar-refractivity contribution in [3.8, 4) is 0 Å². The Labute approximate surface area is 166 Å². The maximum atomic E-state index is 13.1. The summed E-state index contributed by atoms with van der Waals surface area (Å²) in [6.45, 7) is 5.55. The zero-order valence-electron chi connectivity index (χ0n) is 14.8. The van der Waals surface area contributed by atoms with E-state index in [-0.39, 0.29) is 11.7 Å². The Bertz CT molecular complexity index is 850. The van der Waals surface area contributed by atoms with E-state index in [0.29, 0.717) is 35.4 Å². The van der Waals surface area contributed by atoms with Gasteiger partial charge in [0.15, 0.2) is 5.13 Å². The van der Waals surface area contributed by atoms with Gasteiger partial charge in [0.1, 0.15) is 38.1 Å². The van der Waals surface area contributed by atoms with Crippen LogP contribution in [-0.4, -0.2) is 63.5 Å². The molecule has 27 heavy (non-hydrogen) atoms. The zero-order valence-corrected chi connectivity index (χ0v) is 16.4. The fourth-order valence-electron chi connectivity index (χ4n) is 3.10. The second-order valence-corrected chi connectivity index (χ2v) is 7.77. The number of amides is 1. The second kappa shape index (κ2) is 8.43. The van der Waals surface area contributed by atoms with Crippen molar-refractivity contribution in [3.63, 3.8) is 0 Å². The number of anilines is 1. The summed E-state index contributed by atoms with van der Waals surface area (Å²) >= 11 is 7.72. The highest BCUT2D eigenvalue weighted by Crippen LogP contribution is 2.33.